The lowest BCUT2D eigenvalue weighted by atomic mass is 9.94. The molecule has 3 aromatic carbocycles. The third kappa shape index (κ3) is 3.99. The maximum Gasteiger partial charge on any atom is 0.159 e. The van der Waals surface area contributed by atoms with Crippen molar-refractivity contribution in [3.8, 4) is 28.0 Å². The summed E-state index contributed by atoms with van der Waals surface area (Å²) < 4.78 is 43.1. The SMILES string of the molecule is COc1ccc(-c2cc(F)c(F)cc2-c2ccc(S(N)(O)CO)cc2)cc1Cl. The highest BCUT2D eigenvalue weighted by atomic mass is 35.5. The standard InChI is InChI=1S/C20H18ClF2NO3S/c1-27-20-7-4-13(8-17(20)21)16-10-19(23)18(22)9-15(16)12-2-5-14(6-3-12)28(24,26)11-25/h2-10,25-26H,11,24H2,1H3. The third-order valence-corrected chi connectivity index (χ3v) is 6.07. The lowest BCUT2D eigenvalue weighted by molar-refractivity contribution is 0.358. The number of halogens is 3. The first-order valence-electron chi connectivity index (χ1n) is 8.12. The summed E-state index contributed by atoms with van der Waals surface area (Å²) in [6.07, 6.45) is 0. The number of hydrogen-bond acceptors (Lipinski definition) is 4. The van der Waals surface area contributed by atoms with Gasteiger partial charge in [-0.15, -0.1) is 0 Å². The van der Waals surface area contributed by atoms with Crippen LogP contribution in [0.5, 0.6) is 5.75 Å². The van der Waals surface area contributed by atoms with Crippen LogP contribution in [-0.4, -0.2) is 22.7 Å². The minimum absolute atomic E-state index is 0.339. The van der Waals surface area contributed by atoms with Crippen LogP contribution in [-0.2, 0) is 0 Å². The van der Waals surface area contributed by atoms with Crippen LogP contribution in [0.2, 0.25) is 5.02 Å². The predicted octanol–water partition coefficient (Wildman–Crippen LogP) is 5.42. The van der Waals surface area contributed by atoms with Gasteiger partial charge in [-0.2, -0.15) is 0 Å². The summed E-state index contributed by atoms with van der Waals surface area (Å²) in [5.74, 6) is -2.08. The molecule has 3 rings (SSSR count). The van der Waals surface area contributed by atoms with Gasteiger partial charge in [0.1, 0.15) is 11.7 Å². The van der Waals surface area contributed by atoms with Crippen molar-refractivity contribution in [2.75, 3.05) is 13.0 Å². The molecule has 0 bridgehead atoms. The Balaban J connectivity index is 2.14. The second kappa shape index (κ2) is 8.06. The van der Waals surface area contributed by atoms with Gasteiger partial charge in [-0.05, 0) is 69.1 Å². The van der Waals surface area contributed by atoms with Crippen molar-refractivity contribution in [1.82, 2.24) is 0 Å². The van der Waals surface area contributed by atoms with Crippen LogP contribution in [0, 0.1) is 11.6 Å². The van der Waals surface area contributed by atoms with Gasteiger partial charge in [0.15, 0.2) is 11.6 Å². The molecule has 1 unspecified atom stereocenters. The predicted molar refractivity (Wildman–Crippen MR) is 109 cm³/mol. The van der Waals surface area contributed by atoms with Crippen LogP contribution in [0.25, 0.3) is 22.3 Å². The molecule has 4 nitrogen and oxygen atoms in total. The van der Waals surface area contributed by atoms with E-state index in [2.05, 4.69) is 0 Å². The molecule has 28 heavy (non-hydrogen) atoms. The van der Waals surface area contributed by atoms with Crippen LogP contribution in [0.3, 0.4) is 0 Å². The lowest BCUT2D eigenvalue weighted by Crippen LogP contribution is -2.13. The van der Waals surface area contributed by atoms with Gasteiger partial charge in [0.05, 0.1) is 12.1 Å². The Morgan fingerprint density at radius 3 is 2.00 bits per heavy atom. The number of rotatable bonds is 5. The summed E-state index contributed by atoms with van der Waals surface area (Å²) in [7, 11) is -1.31. The molecule has 4 N–H and O–H groups in total. The first kappa shape index (κ1) is 20.6. The van der Waals surface area contributed by atoms with E-state index in [0.29, 0.717) is 37.9 Å². The van der Waals surface area contributed by atoms with E-state index in [1.807, 2.05) is 0 Å². The fourth-order valence-electron chi connectivity index (χ4n) is 2.80. The van der Waals surface area contributed by atoms with E-state index in [0.717, 1.165) is 12.1 Å². The second-order valence-electron chi connectivity index (χ2n) is 6.07. The normalized spacial score (nSPS) is 14.4. The molecule has 148 valence electrons. The van der Waals surface area contributed by atoms with Gasteiger partial charge in [-0.1, -0.05) is 29.8 Å². The summed E-state index contributed by atoms with van der Waals surface area (Å²) in [6.45, 7) is 0. The molecule has 0 heterocycles. The Morgan fingerprint density at radius 2 is 1.50 bits per heavy atom. The van der Waals surface area contributed by atoms with Gasteiger partial charge in [0.2, 0.25) is 0 Å². The van der Waals surface area contributed by atoms with Gasteiger partial charge < -0.3 is 14.4 Å². The van der Waals surface area contributed by atoms with Gasteiger partial charge in [-0.3, -0.25) is 5.14 Å². The molecule has 3 aromatic rings. The van der Waals surface area contributed by atoms with Gasteiger partial charge in [-0.25, -0.2) is 8.78 Å². The highest BCUT2D eigenvalue weighted by Crippen LogP contribution is 2.44. The zero-order valence-electron chi connectivity index (χ0n) is 14.8. The largest absolute Gasteiger partial charge is 0.495 e. The van der Waals surface area contributed by atoms with E-state index in [9.17, 15) is 18.4 Å². The van der Waals surface area contributed by atoms with Crippen LogP contribution in [0.1, 0.15) is 0 Å². The van der Waals surface area contributed by atoms with Crippen molar-refractivity contribution < 1.29 is 23.2 Å². The van der Waals surface area contributed by atoms with Crippen molar-refractivity contribution in [1.29, 1.82) is 0 Å². The van der Waals surface area contributed by atoms with Crippen molar-refractivity contribution in [2.45, 2.75) is 4.90 Å². The summed E-state index contributed by atoms with van der Waals surface area (Å²) in [4.78, 5) is 0.371. The first-order chi connectivity index (χ1) is 13.3. The van der Waals surface area contributed by atoms with Crippen LogP contribution >= 0.6 is 22.1 Å². The molecular formula is C20H18ClF2NO3S. The molecule has 0 saturated carbocycles. The van der Waals surface area contributed by atoms with E-state index in [1.54, 1.807) is 42.5 Å². The molecule has 0 aromatic heterocycles. The summed E-state index contributed by atoms with van der Waals surface area (Å²) in [6, 6.07) is 13.5. The molecule has 0 radical (unpaired) electrons. The van der Waals surface area contributed by atoms with Gasteiger partial charge in [0, 0.05) is 4.90 Å². The summed E-state index contributed by atoms with van der Waals surface area (Å²) in [5.41, 5.74) is 2.04. The zero-order chi connectivity index (χ0) is 20.5. The van der Waals surface area contributed by atoms with Crippen molar-refractivity contribution in [2.24, 2.45) is 5.14 Å². The molecule has 0 saturated heterocycles. The quantitative estimate of drug-likeness (QED) is 0.510. The Labute approximate surface area is 167 Å². The average molecular weight is 426 g/mol. The minimum atomic E-state index is -2.80. The number of aliphatic hydroxyl groups is 1. The van der Waals surface area contributed by atoms with Crippen LogP contribution in [0.4, 0.5) is 8.78 Å². The number of nitrogens with two attached hydrogens (primary N) is 1. The highest BCUT2D eigenvalue weighted by Gasteiger charge is 2.18. The van der Waals surface area contributed by atoms with Crippen molar-refractivity contribution in [3.05, 3.63) is 71.3 Å². The fraction of sp³-hybridized carbons (Fsp3) is 0.100. The molecule has 0 fully saturated rings. The topological polar surface area (TPSA) is 75.7 Å². The molecule has 1 atom stereocenters. The Hall–Kier alpha value is -2.16. The molecule has 0 aliphatic heterocycles. The van der Waals surface area contributed by atoms with Crippen molar-refractivity contribution >= 4 is 22.1 Å². The Kier molecular flexibility index (Phi) is 5.92. The van der Waals surface area contributed by atoms with Gasteiger partial charge in [0.25, 0.3) is 0 Å². The zero-order valence-corrected chi connectivity index (χ0v) is 16.4. The smallest absolute Gasteiger partial charge is 0.159 e. The molecular weight excluding hydrogens is 408 g/mol. The van der Waals surface area contributed by atoms with E-state index >= 15 is 0 Å². The van der Waals surface area contributed by atoms with Crippen LogP contribution < -0.4 is 9.88 Å². The van der Waals surface area contributed by atoms with Crippen molar-refractivity contribution in [3.63, 3.8) is 0 Å². The third-order valence-electron chi connectivity index (χ3n) is 4.29. The second-order valence-corrected chi connectivity index (χ2v) is 8.72. The fourth-order valence-corrected chi connectivity index (χ4v) is 3.82. The maximum atomic E-state index is 14.0. The van der Waals surface area contributed by atoms with E-state index in [-0.39, 0.29) is 0 Å². The number of benzene rings is 3. The van der Waals surface area contributed by atoms with Crippen LogP contribution in [0.15, 0.2) is 59.5 Å². The highest BCUT2D eigenvalue weighted by molar-refractivity contribution is 8.27. The molecule has 8 heteroatoms. The Morgan fingerprint density at radius 1 is 0.964 bits per heavy atom. The number of aliphatic hydroxyl groups excluding tert-OH is 1. The van der Waals surface area contributed by atoms with E-state index in [4.69, 9.17) is 21.5 Å². The minimum Gasteiger partial charge on any atom is -0.495 e. The monoisotopic (exact) mass is 425 g/mol. The number of hydrogen-bond donors (Lipinski definition) is 3. The lowest BCUT2D eigenvalue weighted by Gasteiger charge is -2.26. The molecule has 0 amide bonds. The molecule has 0 aliphatic carbocycles. The molecule has 0 aliphatic rings. The molecule has 0 spiro atoms. The number of methoxy groups -OCH3 is 1. The summed E-state index contributed by atoms with van der Waals surface area (Å²) >= 11 is 6.18. The van der Waals surface area contributed by atoms with E-state index < -0.39 is 28.1 Å². The Bertz CT molecular complexity index is 1010. The average Bonchev–Trinajstić information content (AvgIpc) is 2.69. The number of ether oxygens (including phenoxy) is 1. The summed E-state index contributed by atoms with van der Waals surface area (Å²) in [5, 5.41) is 15.2. The maximum absolute atomic E-state index is 14.0. The van der Waals surface area contributed by atoms with E-state index in [1.165, 1.54) is 7.11 Å². The van der Waals surface area contributed by atoms with Gasteiger partial charge >= 0.3 is 0 Å². The first-order valence-corrected chi connectivity index (χ1v) is 10.3.